The van der Waals surface area contributed by atoms with E-state index in [-0.39, 0.29) is 41.1 Å². The van der Waals surface area contributed by atoms with Crippen LogP contribution in [-0.2, 0) is 9.59 Å². The van der Waals surface area contributed by atoms with Crippen LogP contribution in [0.3, 0.4) is 0 Å². The Hall–Kier alpha value is -1.32. The highest BCUT2D eigenvalue weighted by molar-refractivity contribution is 5.88. The highest BCUT2D eigenvalue weighted by atomic mass is 16.2. The summed E-state index contributed by atoms with van der Waals surface area (Å²) < 4.78 is 0. The molecule has 0 radical (unpaired) electrons. The monoisotopic (exact) mass is 294 g/mol. The van der Waals surface area contributed by atoms with E-state index in [4.69, 9.17) is 0 Å². The molecule has 0 unspecified atom stereocenters. The summed E-state index contributed by atoms with van der Waals surface area (Å²) in [6, 6.07) is 0. The predicted molar refractivity (Wildman–Crippen MR) is 85.7 cm³/mol. The predicted octanol–water partition coefficient (Wildman–Crippen LogP) is 2.60. The number of amides is 2. The lowest BCUT2D eigenvalue weighted by Gasteiger charge is -2.23. The third-order valence-electron chi connectivity index (χ3n) is 3.96. The van der Waals surface area contributed by atoms with E-state index in [9.17, 15) is 9.59 Å². The highest BCUT2D eigenvalue weighted by Crippen LogP contribution is 2.59. The van der Waals surface area contributed by atoms with Crippen LogP contribution in [0.4, 0.5) is 0 Å². The van der Waals surface area contributed by atoms with Crippen molar-refractivity contribution in [2.45, 2.75) is 54.0 Å². The second kappa shape index (κ2) is 5.82. The maximum Gasteiger partial charge on any atom is 0.240 e. The van der Waals surface area contributed by atoms with Crippen LogP contribution in [0.5, 0.6) is 0 Å². The molecule has 1 fully saturated rings. The van der Waals surface area contributed by atoms with Gasteiger partial charge in [0.15, 0.2) is 0 Å². The zero-order valence-corrected chi connectivity index (χ0v) is 14.7. The van der Waals surface area contributed by atoms with Crippen LogP contribution in [-0.4, -0.2) is 35.8 Å². The summed E-state index contributed by atoms with van der Waals surface area (Å²) in [5.41, 5.74) is 0.949. The Labute approximate surface area is 129 Å². The summed E-state index contributed by atoms with van der Waals surface area (Å²) in [5.74, 6) is 0.213. The van der Waals surface area contributed by atoms with Gasteiger partial charge >= 0.3 is 0 Å². The Morgan fingerprint density at radius 3 is 2.19 bits per heavy atom. The Morgan fingerprint density at radius 1 is 1.24 bits per heavy atom. The molecule has 4 heteroatoms. The third kappa shape index (κ3) is 4.58. The van der Waals surface area contributed by atoms with Gasteiger partial charge in [-0.2, -0.15) is 0 Å². The fourth-order valence-corrected chi connectivity index (χ4v) is 2.81. The van der Waals surface area contributed by atoms with E-state index in [2.05, 4.69) is 39.1 Å². The third-order valence-corrected chi connectivity index (χ3v) is 3.96. The van der Waals surface area contributed by atoms with Gasteiger partial charge in [0.25, 0.3) is 0 Å². The van der Waals surface area contributed by atoms with E-state index in [1.165, 1.54) is 5.57 Å². The van der Waals surface area contributed by atoms with Crippen LogP contribution < -0.4 is 5.32 Å². The number of carbonyl (C=O) groups excluding carboxylic acids is 2. The van der Waals surface area contributed by atoms with Crippen LogP contribution in [0.15, 0.2) is 11.6 Å². The quantitative estimate of drug-likeness (QED) is 0.810. The minimum Gasteiger partial charge on any atom is -0.350 e. The van der Waals surface area contributed by atoms with Crippen LogP contribution in [0.2, 0.25) is 0 Å². The molecule has 0 aromatic carbocycles. The van der Waals surface area contributed by atoms with Gasteiger partial charge in [0, 0.05) is 12.6 Å². The number of hydrogen-bond acceptors (Lipinski definition) is 2. The van der Waals surface area contributed by atoms with E-state index in [1.807, 2.05) is 20.8 Å². The summed E-state index contributed by atoms with van der Waals surface area (Å²) in [7, 11) is 1.71. The van der Waals surface area contributed by atoms with Crippen molar-refractivity contribution in [1.29, 1.82) is 0 Å². The molecule has 0 heterocycles. The first-order valence-electron chi connectivity index (χ1n) is 7.57. The summed E-state index contributed by atoms with van der Waals surface area (Å²) in [4.78, 5) is 26.0. The smallest absolute Gasteiger partial charge is 0.240 e. The van der Waals surface area contributed by atoms with Gasteiger partial charge in [-0.05, 0) is 46.0 Å². The van der Waals surface area contributed by atoms with Crippen LogP contribution in [0.1, 0.15) is 48.5 Å². The van der Waals surface area contributed by atoms with Crippen molar-refractivity contribution in [2.75, 3.05) is 13.6 Å². The molecule has 120 valence electrons. The van der Waals surface area contributed by atoms with E-state index >= 15 is 0 Å². The molecule has 0 aromatic rings. The SMILES string of the molecule is CC(C)=C[C@H]1[C@H](C(=O)N(C)CC(=O)NC(C)(C)C)C1(C)C. The highest BCUT2D eigenvalue weighted by Gasteiger charge is 2.61. The summed E-state index contributed by atoms with van der Waals surface area (Å²) in [6.45, 7) is 14.2. The van der Waals surface area contributed by atoms with Gasteiger partial charge in [0.1, 0.15) is 0 Å². The zero-order valence-electron chi connectivity index (χ0n) is 14.7. The van der Waals surface area contributed by atoms with E-state index in [0.29, 0.717) is 0 Å². The van der Waals surface area contributed by atoms with Crippen molar-refractivity contribution < 1.29 is 9.59 Å². The molecule has 21 heavy (non-hydrogen) atoms. The molecule has 0 spiro atoms. The minimum atomic E-state index is -0.273. The Bertz CT molecular complexity index is 454. The number of hydrogen-bond donors (Lipinski definition) is 1. The van der Waals surface area contributed by atoms with Crippen molar-refractivity contribution in [1.82, 2.24) is 10.2 Å². The van der Waals surface area contributed by atoms with E-state index < -0.39 is 0 Å². The molecule has 1 aliphatic rings. The second-order valence-corrected chi connectivity index (χ2v) is 8.06. The lowest BCUT2D eigenvalue weighted by molar-refractivity contribution is -0.136. The summed E-state index contributed by atoms with van der Waals surface area (Å²) in [6.07, 6.45) is 2.17. The van der Waals surface area contributed by atoms with Crippen LogP contribution in [0.25, 0.3) is 0 Å². The molecular formula is C17H30N2O2. The minimum absolute atomic E-state index is 0.0108. The summed E-state index contributed by atoms with van der Waals surface area (Å²) in [5, 5.41) is 2.88. The van der Waals surface area contributed by atoms with Crippen LogP contribution >= 0.6 is 0 Å². The maximum absolute atomic E-state index is 12.5. The molecule has 0 bridgehead atoms. The largest absolute Gasteiger partial charge is 0.350 e. The van der Waals surface area contributed by atoms with Gasteiger partial charge in [-0.25, -0.2) is 0 Å². The maximum atomic E-state index is 12.5. The average molecular weight is 294 g/mol. The Kier molecular flexibility index (Phi) is 4.91. The number of nitrogens with zero attached hydrogens (tertiary/aromatic N) is 1. The number of rotatable bonds is 4. The number of allylic oxidation sites excluding steroid dienone is 2. The van der Waals surface area contributed by atoms with Gasteiger partial charge in [0.2, 0.25) is 11.8 Å². The number of likely N-dealkylation sites (N-methyl/N-ethyl adjacent to an activating group) is 1. The standard InChI is InChI=1S/C17H30N2O2/c1-11(2)9-12-14(17(12,6)7)15(21)19(8)10-13(20)18-16(3,4)5/h9,12,14H,10H2,1-8H3,(H,18,20)/t12-,14+/m0/s1. The molecular weight excluding hydrogens is 264 g/mol. The molecule has 1 saturated carbocycles. The van der Waals surface area contributed by atoms with E-state index in [1.54, 1.807) is 11.9 Å². The van der Waals surface area contributed by atoms with Crippen molar-refractivity contribution in [3.63, 3.8) is 0 Å². The molecule has 0 aliphatic heterocycles. The second-order valence-electron chi connectivity index (χ2n) is 8.06. The molecule has 4 nitrogen and oxygen atoms in total. The molecule has 1 aliphatic carbocycles. The fourth-order valence-electron chi connectivity index (χ4n) is 2.81. The van der Waals surface area contributed by atoms with Crippen molar-refractivity contribution in [2.24, 2.45) is 17.3 Å². The fraction of sp³-hybridized carbons (Fsp3) is 0.765. The van der Waals surface area contributed by atoms with Crippen molar-refractivity contribution >= 4 is 11.8 Å². The normalized spacial score (nSPS) is 23.2. The van der Waals surface area contributed by atoms with Crippen molar-refractivity contribution in [3.8, 4) is 0 Å². The molecule has 1 rings (SSSR count). The molecule has 1 N–H and O–H groups in total. The molecule has 0 aromatic heterocycles. The van der Waals surface area contributed by atoms with Gasteiger partial charge in [0.05, 0.1) is 12.5 Å². The number of carbonyl (C=O) groups is 2. The Morgan fingerprint density at radius 2 is 1.76 bits per heavy atom. The van der Waals surface area contributed by atoms with Gasteiger partial charge in [-0.15, -0.1) is 0 Å². The Balaban J connectivity index is 2.64. The average Bonchev–Trinajstić information content (AvgIpc) is 2.75. The van der Waals surface area contributed by atoms with Gasteiger partial charge in [-0.3, -0.25) is 9.59 Å². The lowest BCUT2D eigenvalue weighted by Crippen LogP contribution is -2.46. The topological polar surface area (TPSA) is 49.4 Å². The van der Waals surface area contributed by atoms with Crippen molar-refractivity contribution in [3.05, 3.63) is 11.6 Å². The summed E-state index contributed by atoms with van der Waals surface area (Å²) >= 11 is 0. The first-order valence-corrected chi connectivity index (χ1v) is 7.57. The first-order chi connectivity index (χ1) is 9.36. The lowest BCUT2D eigenvalue weighted by atomic mass is 10.1. The molecule has 2 atom stereocenters. The molecule has 0 saturated heterocycles. The van der Waals surface area contributed by atoms with Gasteiger partial charge < -0.3 is 10.2 Å². The zero-order chi connectivity index (χ0) is 16.6. The first kappa shape index (κ1) is 17.7. The van der Waals surface area contributed by atoms with Gasteiger partial charge in [-0.1, -0.05) is 25.5 Å². The number of nitrogens with one attached hydrogen (secondary N) is 1. The van der Waals surface area contributed by atoms with Crippen LogP contribution in [0, 0.1) is 17.3 Å². The van der Waals surface area contributed by atoms with E-state index in [0.717, 1.165) is 0 Å². The molecule has 2 amide bonds.